The summed E-state index contributed by atoms with van der Waals surface area (Å²) in [4.78, 5) is 0. The molecule has 0 aliphatic heterocycles. The van der Waals surface area contributed by atoms with Crippen molar-refractivity contribution in [2.24, 2.45) is 0 Å². The lowest BCUT2D eigenvalue weighted by atomic mass is 10.4. The van der Waals surface area contributed by atoms with Gasteiger partial charge in [0.1, 0.15) is 0 Å². The molecule has 1 aromatic carbocycles. The molecule has 1 aromatic rings. The minimum Gasteiger partial charge on any atom is -0.208 e. The molecule has 0 N–H and O–H groups in total. The molecule has 0 aliphatic carbocycles. The van der Waals surface area contributed by atoms with E-state index in [0.717, 1.165) is 0 Å². The Labute approximate surface area is 76.9 Å². The third kappa shape index (κ3) is 9.20. The molecule has 4 heteroatoms. The first-order valence-electron chi connectivity index (χ1n) is 3.13. The molecule has 0 saturated heterocycles. The highest BCUT2D eigenvalue weighted by atomic mass is 35.7. The summed E-state index contributed by atoms with van der Waals surface area (Å²) >= 11 is 0. The maximum absolute atomic E-state index is 9.65. The maximum Gasteiger partial charge on any atom is 0.253 e. The highest BCUT2D eigenvalue weighted by Gasteiger charge is 1.89. The molecule has 0 bridgehead atoms. The van der Waals surface area contributed by atoms with Crippen molar-refractivity contribution in [2.45, 2.75) is 0 Å². The Morgan fingerprint density at radius 3 is 1.25 bits per heavy atom. The molecule has 66 valence electrons. The number of hydrogen-bond donors (Lipinski definition) is 0. The third-order valence-corrected chi connectivity index (χ3v) is 1.64. The van der Waals surface area contributed by atoms with Crippen LogP contribution < -0.4 is 0 Å². The van der Waals surface area contributed by atoms with Crippen LogP contribution in [0, 0.1) is 0 Å². The van der Waals surface area contributed by atoms with E-state index in [9.17, 15) is 8.42 Å². The van der Waals surface area contributed by atoms with E-state index in [1.165, 1.54) is 0 Å². The van der Waals surface area contributed by atoms with Crippen LogP contribution in [-0.4, -0.2) is 8.42 Å². The quantitative estimate of drug-likeness (QED) is 0.659. The van der Waals surface area contributed by atoms with Gasteiger partial charge in [-0.2, -0.15) is 0 Å². The van der Waals surface area contributed by atoms with E-state index < -0.39 is 9.05 Å². The molecular weight excluding hydrogens is 196 g/mol. The van der Waals surface area contributed by atoms with Crippen molar-refractivity contribution in [1.82, 2.24) is 0 Å². The molecule has 0 atom stereocenters. The zero-order valence-electron chi connectivity index (χ0n) is 6.35. The van der Waals surface area contributed by atoms with Crippen molar-refractivity contribution in [3.8, 4) is 0 Å². The summed E-state index contributed by atoms with van der Waals surface area (Å²) in [5, 5.41) is 0.675. The number of hydrogen-bond acceptors (Lipinski definition) is 2. The average Bonchev–Trinajstić information content (AvgIpc) is 2.07. The van der Waals surface area contributed by atoms with E-state index in [-0.39, 0.29) is 0 Å². The van der Waals surface area contributed by atoms with E-state index in [2.05, 4.69) is 17.3 Å². The highest BCUT2D eigenvalue weighted by Crippen LogP contribution is 1.93. The first-order valence-corrected chi connectivity index (χ1v) is 5.50. The zero-order valence-corrected chi connectivity index (χ0v) is 7.92. The monoisotopic (exact) mass is 204 g/mol. The number of benzene rings is 1. The fourth-order valence-corrected chi connectivity index (χ4v) is 0.385. The largest absolute Gasteiger partial charge is 0.253 e. The standard InChI is InChI=1S/C6H6.C2H3ClO2S/c1-2-4-6-5-3-1;1-2-6(3,4)5/h1-6H;2H,1H2. The SMILES string of the molecule is C=CS(=O)(=O)Cl.c1ccccc1. The highest BCUT2D eigenvalue weighted by molar-refractivity contribution is 8.16. The molecule has 12 heavy (non-hydrogen) atoms. The van der Waals surface area contributed by atoms with Gasteiger partial charge in [0.25, 0.3) is 9.05 Å². The van der Waals surface area contributed by atoms with E-state index >= 15 is 0 Å². The molecular formula is C8H9ClO2S. The van der Waals surface area contributed by atoms with Crippen LogP contribution in [0.3, 0.4) is 0 Å². The van der Waals surface area contributed by atoms with Crippen molar-refractivity contribution >= 4 is 19.7 Å². The summed E-state index contributed by atoms with van der Waals surface area (Å²) in [5.41, 5.74) is 0. The van der Waals surface area contributed by atoms with Gasteiger partial charge in [0.05, 0.1) is 0 Å². The molecule has 1 rings (SSSR count). The first-order chi connectivity index (χ1) is 5.56. The van der Waals surface area contributed by atoms with Gasteiger partial charge in [-0.1, -0.05) is 43.0 Å². The van der Waals surface area contributed by atoms with Gasteiger partial charge < -0.3 is 0 Å². The van der Waals surface area contributed by atoms with E-state index in [1.807, 2.05) is 36.4 Å². The molecule has 2 nitrogen and oxygen atoms in total. The Morgan fingerprint density at radius 1 is 1.00 bits per heavy atom. The smallest absolute Gasteiger partial charge is 0.208 e. The van der Waals surface area contributed by atoms with Crippen LogP contribution in [0.4, 0.5) is 0 Å². The van der Waals surface area contributed by atoms with Gasteiger partial charge in [-0.05, 0) is 0 Å². The molecule has 0 fully saturated rings. The first kappa shape index (κ1) is 11.2. The van der Waals surface area contributed by atoms with Gasteiger partial charge in [0.2, 0.25) is 0 Å². The maximum atomic E-state index is 9.65. The van der Waals surface area contributed by atoms with Crippen molar-refractivity contribution in [2.75, 3.05) is 0 Å². The normalized spacial score (nSPS) is 9.42. The van der Waals surface area contributed by atoms with E-state index in [1.54, 1.807) is 0 Å². The molecule has 0 aliphatic rings. The summed E-state index contributed by atoms with van der Waals surface area (Å²) < 4.78 is 19.3. The summed E-state index contributed by atoms with van der Waals surface area (Å²) in [6, 6.07) is 12.0. The van der Waals surface area contributed by atoms with Crippen LogP contribution in [0.1, 0.15) is 0 Å². The third-order valence-electron chi connectivity index (χ3n) is 0.866. The van der Waals surface area contributed by atoms with E-state index in [4.69, 9.17) is 0 Å². The van der Waals surface area contributed by atoms with Crippen LogP contribution in [-0.2, 0) is 9.05 Å². The van der Waals surface area contributed by atoms with Crippen LogP contribution in [0.15, 0.2) is 48.4 Å². The molecule has 0 saturated carbocycles. The predicted octanol–water partition coefficient (Wildman–Crippen LogP) is 2.39. The average molecular weight is 205 g/mol. The topological polar surface area (TPSA) is 34.1 Å². The van der Waals surface area contributed by atoms with Crippen molar-refractivity contribution < 1.29 is 8.42 Å². The van der Waals surface area contributed by atoms with Crippen LogP contribution in [0.25, 0.3) is 0 Å². The molecule has 0 aromatic heterocycles. The lowest BCUT2D eigenvalue weighted by molar-refractivity contribution is 0.617. The minimum absolute atomic E-state index is 0.675. The lowest BCUT2D eigenvalue weighted by Gasteiger charge is -1.70. The van der Waals surface area contributed by atoms with E-state index in [0.29, 0.717) is 5.41 Å². The molecule has 0 unspecified atom stereocenters. The number of rotatable bonds is 1. The Bertz CT molecular complexity index is 267. The van der Waals surface area contributed by atoms with Gasteiger partial charge in [0.15, 0.2) is 0 Å². The Balaban J connectivity index is 0.000000202. The molecule has 0 radical (unpaired) electrons. The molecule has 0 heterocycles. The van der Waals surface area contributed by atoms with Crippen LogP contribution in [0.2, 0.25) is 0 Å². The zero-order chi connectivity index (χ0) is 9.45. The Kier molecular flexibility index (Phi) is 5.41. The van der Waals surface area contributed by atoms with Crippen molar-refractivity contribution in [3.05, 3.63) is 48.4 Å². The van der Waals surface area contributed by atoms with Crippen molar-refractivity contribution in [1.29, 1.82) is 0 Å². The summed E-state index contributed by atoms with van der Waals surface area (Å²) in [6.07, 6.45) is 0. The van der Waals surface area contributed by atoms with Crippen molar-refractivity contribution in [3.63, 3.8) is 0 Å². The number of halogens is 1. The Morgan fingerprint density at radius 2 is 1.17 bits per heavy atom. The minimum atomic E-state index is -3.43. The second kappa shape index (κ2) is 5.80. The fourth-order valence-electron chi connectivity index (χ4n) is 0.385. The van der Waals surface area contributed by atoms with Gasteiger partial charge in [0, 0.05) is 16.1 Å². The lowest BCUT2D eigenvalue weighted by Crippen LogP contribution is -1.74. The summed E-state index contributed by atoms with van der Waals surface area (Å²) in [5.74, 6) is 0. The Hall–Kier alpha value is -0.800. The van der Waals surface area contributed by atoms with Gasteiger partial charge in [-0.25, -0.2) is 8.42 Å². The molecule has 0 spiro atoms. The van der Waals surface area contributed by atoms with Crippen LogP contribution in [0.5, 0.6) is 0 Å². The van der Waals surface area contributed by atoms with Crippen LogP contribution >= 0.6 is 10.7 Å². The van der Waals surface area contributed by atoms with Gasteiger partial charge in [-0.3, -0.25) is 0 Å². The fraction of sp³-hybridized carbons (Fsp3) is 0. The summed E-state index contributed by atoms with van der Waals surface area (Å²) in [6.45, 7) is 2.91. The molecule has 0 amide bonds. The van der Waals surface area contributed by atoms with Gasteiger partial charge >= 0.3 is 0 Å². The predicted molar refractivity (Wildman–Crippen MR) is 51.4 cm³/mol. The van der Waals surface area contributed by atoms with Gasteiger partial charge in [-0.15, -0.1) is 0 Å². The second-order valence-corrected chi connectivity index (χ2v) is 4.37. The second-order valence-electron chi connectivity index (χ2n) is 1.80. The summed E-state index contributed by atoms with van der Waals surface area (Å²) in [7, 11) is 1.15.